The third-order valence-electron chi connectivity index (χ3n) is 3.53. The third-order valence-corrected chi connectivity index (χ3v) is 4.13. The summed E-state index contributed by atoms with van der Waals surface area (Å²) in [5.41, 5.74) is 3.13. The molecule has 2 aromatic rings. The molecule has 0 saturated heterocycles. The van der Waals surface area contributed by atoms with E-state index in [-0.39, 0.29) is 12.4 Å². The lowest BCUT2D eigenvalue weighted by Gasteiger charge is -2.21. The molecule has 0 aliphatic heterocycles. The molecular weight excluding hydrogens is 331 g/mol. The molecule has 0 amide bonds. The van der Waals surface area contributed by atoms with Gasteiger partial charge in [-0.3, -0.25) is 4.79 Å². The van der Waals surface area contributed by atoms with Crippen LogP contribution in [0.1, 0.15) is 25.8 Å². The van der Waals surface area contributed by atoms with Gasteiger partial charge in [-0.2, -0.15) is 0 Å². The average molecular weight is 351 g/mol. The van der Waals surface area contributed by atoms with Crippen molar-refractivity contribution in [3.8, 4) is 11.1 Å². The average Bonchev–Trinajstić information content (AvgIpc) is 2.48. The topological polar surface area (TPSA) is 26.3 Å². The number of halogens is 2. The van der Waals surface area contributed by atoms with Gasteiger partial charge in [0.2, 0.25) is 0 Å². The number of alkyl halides is 1. The molecule has 2 aromatic carbocycles. The summed E-state index contributed by atoms with van der Waals surface area (Å²) in [5.74, 6) is -0.266. The standard InChI is InChI=1S/C19H20Cl2O2/c1-3-23-18(22)13-19(2,21)12-14-8-10-15(11-9-14)16-6-4-5-7-17(16)20/h4-11H,3,12-13H2,1-2H3. The lowest BCUT2D eigenvalue weighted by atomic mass is 9.95. The van der Waals surface area contributed by atoms with E-state index in [1.54, 1.807) is 6.92 Å². The van der Waals surface area contributed by atoms with E-state index in [0.29, 0.717) is 13.0 Å². The maximum Gasteiger partial charge on any atom is 0.307 e. The first-order valence-electron chi connectivity index (χ1n) is 7.59. The molecule has 0 fully saturated rings. The molecule has 0 aromatic heterocycles. The highest BCUT2D eigenvalue weighted by molar-refractivity contribution is 6.33. The van der Waals surface area contributed by atoms with Gasteiger partial charge in [0.05, 0.1) is 17.9 Å². The van der Waals surface area contributed by atoms with Crippen LogP contribution < -0.4 is 0 Å². The van der Waals surface area contributed by atoms with Crippen molar-refractivity contribution in [2.75, 3.05) is 6.61 Å². The van der Waals surface area contributed by atoms with E-state index in [2.05, 4.69) is 0 Å². The van der Waals surface area contributed by atoms with Crippen molar-refractivity contribution >= 4 is 29.2 Å². The number of carbonyl (C=O) groups excluding carboxylic acids is 1. The van der Waals surface area contributed by atoms with Crippen molar-refractivity contribution in [2.45, 2.75) is 31.6 Å². The van der Waals surface area contributed by atoms with Crippen LogP contribution in [-0.2, 0) is 16.0 Å². The normalized spacial score (nSPS) is 13.4. The van der Waals surface area contributed by atoms with Crippen LogP contribution in [0.5, 0.6) is 0 Å². The molecule has 4 heteroatoms. The first-order chi connectivity index (χ1) is 10.9. The van der Waals surface area contributed by atoms with Gasteiger partial charge in [-0.25, -0.2) is 0 Å². The minimum atomic E-state index is -0.655. The van der Waals surface area contributed by atoms with Gasteiger partial charge in [0.1, 0.15) is 0 Å². The summed E-state index contributed by atoms with van der Waals surface area (Å²) in [5, 5.41) is 0.727. The molecule has 0 aliphatic rings. The monoisotopic (exact) mass is 350 g/mol. The molecule has 0 N–H and O–H groups in total. The molecule has 0 spiro atoms. The number of hydrogen-bond acceptors (Lipinski definition) is 2. The lowest BCUT2D eigenvalue weighted by molar-refractivity contribution is -0.143. The second kappa shape index (κ2) is 7.85. The van der Waals surface area contributed by atoms with Crippen LogP contribution in [0.2, 0.25) is 5.02 Å². The van der Waals surface area contributed by atoms with E-state index in [1.165, 1.54) is 0 Å². The maximum absolute atomic E-state index is 11.6. The number of hydrogen-bond donors (Lipinski definition) is 0. The zero-order valence-electron chi connectivity index (χ0n) is 13.3. The van der Waals surface area contributed by atoms with Crippen molar-refractivity contribution < 1.29 is 9.53 Å². The number of esters is 1. The molecule has 0 saturated carbocycles. The molecule has 1 atom stereocenters. The van der Waals surface area contributed by atoms with Crippen LogP contribution in [0.4, 0.5) is 0 Å². The van der Waals surface area contributed by atoms with Gasteiger partial charge in [-0.15, -0.1) is 11.6 Å². The summed E-state index contributed by atoms with van der Waals surface area (Å²) >= 11 is 12.7. The summed E-state index contributed by atoms with van der Waals surface area (Å²) < 4.78 is 4.97. The van der Waals surface area contributed by atoms with Crippen molar-refractivity contribution in [1.29, 1.82) is 0 Å². The van der Waals surface area contributed by atoms with E-state index in [1.807, 2.05) is 55.5 Å². The first-order valence-corrected chi connectivity index (χ1v) is 8.35. The molecule has 0 heterocycles. The van der Waals surface area contributed by atoms with Crippen molar-refractivity contribution in [3.05, 3.63) is 59.1 Å². The van der Waals surface area contributed by atoms with Crippen LogP contribution in [-0.4, -0.2) is 17.5 Å². The molecule has 23 heavy (non-hydrogen) atoms. The Hall–Kier alpha value is -1.51. The van der Waals surface area contributed by atoms with Gasteiger partial charge < -0.3 is 4.74 Å². The Balaban J connectivity index is 2.08. The highest BCUT2D eigenvalue weighted by atomic mass is 35.5. The number of rotatable bonds is 6. The van der Waals surface area contributed by atoms with Gasteiger partial charge in [-0.1, -0.05) is 54.1 Å². The minimum Gasteiger partial charge on any atom is -0.466 e. The molecule has 2 nitrogen and oxygen atoms in total. The van der Waals surface area contributed by atoms with E-state index >= 15 is 0 Å². The van der Waals surface area contributed by atoms with Crippen LogP contribution in [0.3, 0.4) is 0 Å². The second-order valence-corrected chi connectivity index (χ2v) is 7.07. The van der Waals surface area contributed by atoms with Gasteiger partial charge in [0.25, 0.3) is 0 Å². The Kier molecular flexibility index (Phi) is 6.09. The van der Waals surface area contributed by atoms with Crippen LogP contribution in [0.15, 0.2) is 48.5 Å². The van der Waals surface area contributed by atoms with Crippen LogP contribution in [0.25, 0.3) is 11.1 Å². The Bertz CT molecular complexity index is 663. The SMILES string of the molecule is CCOC(=O)CC(C)(Cl)Cc1ccc(-c2ccccc2Cl)cc1. The third kappa shape index (κ3) is 5.26. The number of benzene rings is 2. The largest absolute Gasteiger partial charge is 0.466 e. The summed E-state index contributed by atoms with van der Waals surface area (Å²) in [7, 11) is 0. The Labute approximate surface area is 147 Å². The molecule has 2 rings (SSSR count). The highest BCUT2D eigenvalue weighted by Gasteiger charge is 2.26. The molecule has 0 radical (unpaired) electrons. The van der Waals surface area contributed by atoms with Crippen LogP contribution >= 0.6 is 23.2 Å². The molecule has 122 valence electrons. The summed E-state index contributed by atoms with van der Waals surface area (Å²) in [6.45, 7) is 4.02. The van der Waals surface area contributed by atoms with E-state index in [0.717, 1.165) is 21.7 Å². The Morgan fingerprint density at radius 1 is 1.13 bits per heavy atom. The molecule has 0 bridgehead atoms. The Morgan fingerprint density at radius 3 is 2.39 bits per heavy atom. The minimum absolute atomic E-state index is 0.189. The van der Waals surface area contributed by atoms with Gasteiger partial charge in [0.15, 0.2) is 0 Å². The quantitative estimate of drug-likeness (QED) is 0.507. The predicted molar refractivity (Wildman–Crippen MR) is 96.1 cm³/mol. The fourth-order valence-electron chi connectivity index (χ4n) is 2.50. The molecular formula is C19H20Cl2O2. The Morgan fingerprint density at radius 2 is 1.78 bits per heavy atom. The smallest absolute Gasteiger partial charge is 0.307 e. The number of carbonyl (C=O) groups is 1. The predicted octanol–water partition coefficient (Wildman–Crippen LogP) is 5.50. The zero-order chi connectivity index (χ0) is 16.9. The lowest BCUT2D eigenvalue weighted by Crippen LogP contribution is -2.25. The summed E-state index contributed by atoms with van der Waals surface area (Å²) in [6, 6.07) is 15.8. The second-order valence-electron chi connectivity index (χ2n) is 5.75. The molecule has 1 unspecified atom stereocenters. The van der Waals surface area contributed by atoms with Crippen LogP contribution in [0, 0.1) is 0 Å². The van der Waals surface area contributed by atoms with E-state index in [4.69, 9.17) is 27.9 Å². The fourth-order valence-corrected chi connectivity index (χ4v) is 3.01. The van der Waals surface area contributed by atoms with Gasteiger partial charge >= 0.3 is 5.97 Å². The maximum atomic E-state index is 11.6. The molecule has 0 aliphatic carbocycles. The summed E-state index contributed by atoms with van der Waals surface area (Å²) in [6.07, 6.45) is 0.783. The van der Waals surface area contributed by atoms with Gasteiger partial charge in [0, 0.05) is 10.6 Å². The highest BCUT2D eigenvalue weighted by Crippen LogP contribution is 2.30. The van der Waals surface area contributed by atoms with E-state index in [9.17, 15) is 4.79 Å². The fraction of sp³-hybridized carbons (Fsp3) is 0.316. The van der Waals surface area contributed by atoms with E-state index < -0.39 is 4.87 Å². The van der Waals surface area contributed by atoms with Gasteiger partial charge in [-0.05, 0) is 37.5 Å². The first kappa shape index (κ1) is 17.8. The summed E-state index contributed by atoms with van der Waals surface area (Å²) in [4.78, 5) is 10.9. The van der Waals surface area contributed by atoms with Crippen molar-refractivity contribution in [1.82, 2.24) is 0 Å². The van der Waals surface area contributed by atoms with Crippen molar-refractivity contribution in [3.63, 3.8) is 0 Å². The van der Waals surface area contributed by atoms with Crippen molar-refractivity contribution in [2.24, 2.45) is 0 Å². The number of ether oxygens (including phenoxy) is 1. The zero-order valence-corrected chi connectivity index (χ0v) is 14.8.